The van der Waals surface area contributed by atoms with Crippen LogP contribution >= 0.6 is 11.3 Å². The van der Waals surface area contributed by atoms with E-state index in [1.54, 1.807) is 11.3 Å². The molecule has 2 amide bonds. The monoisotopic (exact) mass is 355 g/mol. The van der Waals surface area contributed by atoms with Gasteiger partial charge in [-0.15, -0.1) is 11.3 Å². The SMILES string of the molecule is O=C(NCCc1cn2ccccc2n1)N1CCCCC1c1nccs1. The van der Waals surface area contributed by atoms with Gasteiger partial charge in [0.1, 0.15) is 10.7 Å². The molecule has 1 fully saturated rings. The second-order valence-corrected chi connectivity index (χ2v) is 7.18. The summed E-state index contributed by atoms with van der Waals surface area (Å²) in [4.78, 5) is 23.5. The van der Waals surface area contributed by atoms with Crippen LogP contribution in [0.15, 0.2) is 42.2 Å². The highest BCUT2D eigenvalue weighted by Gasteiger charge is 2.29. The molecule has 1 aliphatic heterocycles. The summed E-state index contributed by atoms with van der Waals surface area (Å²) in [6, 6.07) is 6.06. The number of nitrogens with zero attached hydrogens (tertiary/aromatic N) is 4. The number of pyridine rings is 1. The minimum Gasteiger partial charge on any atom is -0.338 e. The maximum absolute atomic E-state index is 12.6. The number of rotatable bonds is 4. The van der Waals surface area contributed by atoms with Gasteiger partial charge in [0.05, 0.1) is 11.7 Å². The molecule has 1 atom stereocenters. The molecular formula is C18H21N5OS. The van der Waals surface area contributed by atoms with Crippen LogP contribution in [-0.2, 0) is 6.42 Å². The van der Waals surface area contributed by atoms with E-state index in [0.717, 1.165) is 48.6 Å². The van der Waals surface area contributed by atoms with Crippen molar-refractivity contribution in [3.63, 3.8) is 0 Å². The van der Waals surface area contributed by atoms with Crippen molar-refractivity contribution in [2.75, 3.05) is 13.1 Å². The van der Waals surface area contributed by atoms with Gasteiger partial charge in [-0.1, -0.05) is 6.07 Å². The Morgan fingerprint density at radius 3 is 3.16 bits per heavy atom. The molecule has 0 bridgehead atoms. The summed E-state index contributed by atoms with van der Waals surface area (Å²) < 4.78 is 2.00. The van der Waals surface area contributed by atoms with E-state index in [4.69, 9.17) is 0 Å². The largest absolute Gasteiger partial charge is 0.338 e. The van der Waals surface area contributed by atoms with E-state index in [1.165, 1.54) is 0 Å². The Balaban J connectivity index is 1.36. The lowest BCUT2D eigenvalue weighted by Crippen LogP contribution is -2.45. The number of hydrogen-bond acceptors (Lipinski definition) is 4. The molecule has 4 rings (SSSR count). The van der Waals surface area contributed by atoms with Crippen molar-refractivity contribution >= 4 is 23.0 Å². The standard InChI is InChI=1S/C18H21N5OS/c24-18(23-11-4-1-5-15(23)17-19-9-12-25-17)20-8-7-14-13-22-10-3-2-6-16(22)21-14/h2-3,6,9-10,12-13,15H,1,4-5,7-8,11H2,(H,20,24). The van der Waals surface area contributed by atoms with Gasteiger partial charge >= 0.3 is 6.03 Å². The van der Waals surface area contributed by atoms with Gasteiger partial charge in [0.15, 0.2) is 0 Å². The summed E-state index contributed by atoms with van der Waals surface area (Å²) in [6.45, 7) is 1.38. The Morgan fingerprint density at radius 2 is 2.32 bits per heavy atom. The van der Waals surface area contributed by atoms with Crippen LogP contribution in [0.2, 0.25) is 0 Å². The molecule has 3 aromatic rings. The molecule has 0 saturated carbocycles. The Kier molecular flexibility index (Phi) is 4.65. The zero-order chi connectivity index (χ0) is 17.1. The number of hydrogen-bond donors (Lipinski definition) is 1. The van der Waals surface area contributed by atoms with Crippen molar-refractivity contribution in [1.29, 1.82) is 0 Å². The second-order valence-electron chi connectivity index (χ2n) is 6.26. The van der Waals surface area contributed by atoms with Gasteiger partial charge < -0.3 is 14.6 Å². The lowest BCUT2D eigenvalue weighted by Gasteiger charge is -2.34. The van der Waals surface area contributed by atoms with Crippen LogP contribution in [0.4, 0.5) is 4.79 Å². The Bertz CT molecular complexity index is 811. The zero-order valence-corrected chi connectivity index (χ0v) is 14.8. The molecular weight excluding hydrogens is 334 g/mol. The van der Waals surface area contributed by atoms with Crippen LogP contribution in [0.1, 0.15) is 36.0 Å². The molecule has 7 heteroatoms. The summed E-state index contributed by atoms with van der Waals surface area (Å²) >= 11 is 1.63. The normalized spacial score (nSPS) is 17.8. The Labute approximate surface area is 150 Å². The van der Waals surface area contributed by atoms with Crippen LogP contribution in [0.3, 0.4) is 0 Å². The predicted octanol–water partition coefficient (Wildman–Crippen LogP) is 3.27. The van der Waals surface area contributed by atoms with Crippen molar-refractivity contribution in [1.82, 2.24) is 24.6 Å². The highest BCUT2D eigenvalue weighted by Crippen LogP contribution is 2.31. The molecule has 6 nitrogen and oxygen atoms in total. The van der Waals surface area contributed by atoms with Crippen molar-refractivity contribution in [2.45, 2.75) is 31.7 Å². The number of likely N-dealkylation sites (tertiary alicyclic amines) is 1. The topological polar surface area (TPSA) is 62.5 Å². The Morgan fingerprint density at radius 1 is 1.36 bits per heavy atom. The number of nitrogens with one attached hydrogen (secondary N) is 1. The molecule has 0 radical (unpaired) electrons. The van der Waals surface area contributed by atoms with Crippen LogP contribution in [-0.4, -0.2) is 38.4 Å². The van der Waals surface area contributed by atoms with Gasteiger partial charge in [-0.05, 0) is 31.4 Å². The lowest BCUT2D eigenvalue weighted by molar-refractivity contribution is 0.151. The molecule has 130 valence electrons. The quantitative estimate of drug-likeness (QED) is 0.781. The fourth-order valence-electron chi connectivity index (χ4n) is 3.34. The van der Waals surface area contributed by atoms with Gasteiger partial charge in [-0.2, -0.15) is 0 Å². The van der Waals surface area contributed by atoms with E-state index >= 15 is 0 Å². The van der Waals surface area contributed by atoms with Crippen LogP contribution in [0, 0.1) is 0 Å². The summed E-state index contributed by atoms with van der Waals surface area (Å²) in [5.74, 6) is 0. The van der Waals surface area contributed by atoms with E-state index in [9.17, 15) is 4.79 Å². The predicted molar refractivity (Wildman–Crippen MR) is 97.7 cm³/mol. The van der Waals surface area contributed by atoms with Gasteiger partial charge in [-0.25, -0.2) is 14.8 Å². The number of urea groups is 1. The molecule has 1 aliphatic rings. The maximum atomic E-state index is 12.6. The van der Waals surface area contributed by atoms with E-state index in [2.05, 4.69) is 15.3 Å². The third kappa shape index (κ3) is 3.51. The van der Waals surface area contributed by atoms with Crippen molar-refractivity contribution in [3.05, 3.63) is 52.9 Å². The van der Waals surface area contributed by atoms with Crippen LogP contribution < -0.4 is 5.32 Å². The minimum atomic E-state index is 0.00339. The number of carbonyl (C=O) groups excluding carboxylic acids is 1. The molecule has 0 aromatic carbocycles. The molecule has 4 heterocycles. The summed E-state index contributed by atoms with van der Waals surface area (Å²) in [6.07, 6.45) is 9.74. The summed E-state index contributed by atoms with van der Waals surface area (Å²) in [5, 5.41) is 6.06. The third-order valence-electron chi connectivity index (χ3n) is 4.57. The average Bonchev–Trinajstić information content (AvgIpc) is 3.31. The first kappa shape index (κ1) is 16.1. The van der Waals surface area contributed by atoms with Gasteiger partial charge in [0.2, 0.25) is 0 Å². The highest BCUT2D eigenvalue weighted by atomic mass is 32.1. The maximum Gasteiger partial charge on any atom is 0.318 e. The molecule has 3 aromatic heterocycles. The van der Waals surface area contributed by atoms with E-state index in [-0.39, 0.29) is 12.1 Å². The molecule has 1 unspecified atom stereocenters. The van der Waals surface area contributed by atoms with Gasteiger partial charge in [0, 0.05) is 43.5 Å². The average molecular weight is 355 g/mol. The molecule has 0 aliphatic carbocycles. The fraction of sp³-hybridized carbons (Fsp3) is 0.389. The van der Waals surface area contributed by atoms with E-state index in [1.807, 2.05) is 51.5 Å². The van der Waals surface area contributed by atoms with Crippen molar-refractivity contribution in [2.24, 2.45) is 0 Å². The molecule has 1 N–H and O–H groups in total. The lowest BCUT2D eigenvalue weighted by atomic mass is 10.0. The first-order valence-corrected chi connectivity index (χ1v) is 9.56. The first-order chi connectivity index (χ1) is 12.3. The molecule has 25 heavy (non-hydrogen) atoms. The summed E-state index contributed by atoms with van der Waals surface area (Å²) in [7, 11) is 0. The smallest absolute Gasteiger partial charge is 0.318 e. The third-order valence-corrected chi connectivity index (χ3v) is 5.45. The van der Waals surface area contributed by atoms with Gasteiger partial charge in [0.25, 0.3) is 0 Å². The van der Waals surface area contributed by atoms with E-state index < -0.39 is 0 Å². The molecule has 1 saturated heterocycles. The molecule has 0 spiro atoms. The Hall–Kier alpha value is -2.41. The number of piperidine rings is 1. The number of thiazole rings is 1. The second kappa shape index (κ2) is 7.23. The van der Waals surface area contributed by atoms with Gasteiger partial charge in [-0.3, -0.25) is 0 Å². The fourth-order valence-corrected chi connectivity index (χ4v) is 4.12. The number of fused-ring (bicyclic) bond motifs is 1. The van der Waals surface area contributed by atoms with E-state index in [0.29, 0.717) is 6.54 Å². The van der Waals surface area contributed by atoms with Crippen LogP contribution in [0.25, 0.3) is 5.65 Å². The highest BCUT2D eigenvalue weighted by molar-refractivity contribution is 7.09. The number of carbonyl (C=O) groups is 1. The summed E-state index contributed by atoms with van der Waals surface area (Å²) in [5.41, 5.74) is 1.92. The number of imidazole rings is 1. The van der Waals surface area contributed by atoms with Crippen molar-refractivity contribution in [3.8, 4) is 0 Å². The minimum absolute atomic E-state index is 0.00339. The van der Waals surface area contributed by atoms with Crippen LogP contribution in [0.5, 0.6) is 0 Å². The first-order valence-electron chi connectivity index (χ1n) is 8.68. The zero-order valence-electron chi connectivity index (χ0n) is 14.0. The number of amides is 2. The van der Waals surface area contributed by atoms with Crippen molar-refractivity contribution < 1.29 is 4.79 Å². The number of aromatic nitrogens is 3.